The van der Waals surface area contributed by atoms with Crippen molar-refractivity contribution in [2.24, 2.45) is 7.05 Å². The molecule has 0 fully saturated rings. The Kier molecular flexibility index (Phi) is 7.56. The number of fused-ring (bicyclic) bond motifs is 2. The highest BCUT2D eigenvalue weighted by molar-refractivity contribution is 7.13. The average molecular weight is 581 g/mol. The van der Waals surface area contributed by atoms with Gasteiger partial charge in [-0.15, -0.1) is 11.3 Å². The second-order valence-corrected chi connectivity index (χ2v) is 9.80. The van der Waals surface area contributed by atoms with E-state index >= 15 is 0 Å². The molecule has 0 aliphatic rings. The molecule has 0 bridgehead atoms. The Morgan fingerprint density at radius 1 is 0.780 bits per heavy atom. The highest BCUT2D eigenvalue weighted by atomic mass is 35.5. The van der Waals surface area contributed by atoms with Crippen molar-refractivity contribution in [2.75, 3.05) is 10.6 Å². The Balaban J connectivity index is 0.000000156. The van der Waals surface area contributed by atoms with Crippen molar-refractivity contribution in [1.82, 2.24) is 39.7 Å². The van der Waals surface area contributed by atoms with Crippen LogP contribution in [0.1, 0.15) is 0 Å². The van der Waals surface area contributed by atoms with Crippen LogP contribution < -0.4 is 15.4 Å². The van der Waals surface area contributed by atoms with E-state index in [0.29, 0.717) is 22.5 Å². The van der Waals surface area contributed by atoms with E-state index < -0.39 is 0 Å². The van der Waals surface area contributed by atoms with Crippen molar-refractivity contribution < 1.29 is 4.74 Å². The van der Waals surface area contributed by atoms with Crippen LogP contribution in [-0.4, -0.2) is 39.7 Å². The number of nitrogens with one attached hydrogen (secondary N) is 2. The van der Waals surface area contributed by atoms with Crippen molar-refractivity contribution in [3.05, 3.63) is 102 Å². The van der Waals surface area contributed by atoms with Crippen LogP contribution in [0.4, 0.5) is 22.6 Å². The molecule has 0 saturated heterocycles. The van der Waals surface area contributed by atoms with E-state index in [9.17, 15) is 0 Å². The molecule has 0 atom stereocenters. The van der Waals surface area contributed by atoms with Gasteiger partial charge in [0.1, 0.15) is 35.1 Å². The van der Waals surface area contributed by atoms with E-state index in [4.69, 9.17) is 16.3 Å². The van der Waals surface area contributed by atoms with Gasteiger partial charge in [0, 0.05) is 47.9 Å². The summed E-state index contributed by atoms with van der Waals surface area (Å²) in [5, 5.41) is 15.5. The smallest absolute Gasteiger partial charge is 0.238 e. The minimum absolute atomic E-state index is 0.352. The van der Waals surface area contributed by atoms with E-state index in [0.717, 1.165) is 38.6 Å². The maximum atomic E-state index is 6.09. The predicted octanol–water partition coefficient (Wildman–Crippen LogP) is 6.78. The molecule has 0 saturated carbocycles. The van der Waals surface area contributed by atoms with Gasteiger partial charge in [-0.2, -0.15) is 5.10 Å². The first-order valence-corrected chi connectivity index (χ1v) is 13.5. The molecule has 0 amide bonds. The SMILES string of the molecule is Clc1cccnc1Oc1ccc2ncnc(Nc3nccs3)c2c1.Cn1ccc(Nc2ncnc3ccccc23)n1. The number of thiazole rings is 1. The van der Waals surface area contributed by atoms with E-state index in [2.05, 4.69) is 45.6 Å². The van der Waals surface area contributed by atoms with Crippen LogP contribution in [0, 0.1) is 0 Å². The molecule has 11 nitrogen and oxygen atoms in total. The van der Waals surface area contributed by atoms with E-state index in [1.54, 1.807) is 35.5 Å². The summed E-state index contributed by atoms with van der Waals surface area (Å²) in [6.07, 6.45) is 8.29. The van der Waals surface area contributed by atoms with Gasteiger partial charge < -0.3 is 15.4 Å². The van der Waals surface area contributed by atoms with Gasteiger partial charge in [0.2, 0.25) is 5.88 Å². The quantitative estimate of drug-likeness (QED) is 0.217. The fourth-order valence-electron chi connectivity index (χ4n) is 3.85. The van der Waals surface area contributed by atoms with Crippen molar-refractivity contribution in [3.63, 3.8) is 0 Å². The summed E-state index contributed by atoms with van der Waals surface area (Å²) in [4.78, 5) is 25.4. The van der Waals surface area contributed by atoms with E-state index in [1.807, 2.05) is 67.2 Å². The number of aromatic nitrogens is 8. The van der Waals surface area contributed by atoms with Gasteiger partial charge in [-0.3, -0.25) is 4.68 Å². The number of hydrogen-bond acceptors (Lipinski definition) is 11. The molecule has 202 valence electrons. The van der Waals surface area contributed by atoms with Gasteiger partial charge >= 0.3 is 0 Å². The van der Waals surface area contributed by atoms with Crippen LogP contribution in [-0.2, 0) is 7.05 Å². The summed E-state index contributed by atoms with van der Waals surface area (Å²) in [6, 6.07) is 18.8. The van der Waals surface area contributed by atoms with Gasteiger partial charge in [-0.25, -0.2) is 29.9 Å². The summed E-state index contributed by atoms with van der Waals surface area (Å²) < 4.78 is 7.51. The Bertz CT molecular complexity index is 1920. The topological polar surface area (TPSA) is 128 Å². The van der Waals surface area contributed by atoms with Crippen molar-refractivity contribution in [2.45, 2.75) is 0 Å². The first-order chi connectivity index (χ1) is 20.1. The number of para-hydroxylation sites is 1. The van der Waals surface area contributed by atoms with Crippen molar-refractivity contribution in [1.29, 1.82) is 0 Å². The number of anilines is 4. The standard InChI is InChI=1S/C16H10ClN5OS.C12H11N5/c17-12-2-1-5-18-15(12)23-10-3-4-13-11(8-10)14(21-9-20-13)22-16-19-6-7-24-16;1-17-7-6-11(16-17)15-12-9-4-2-3-5-10(9)13-8-14-12/h1-9H,(H,19,20,21,22);2-8H,1H3,(H,13,14,15,16). The predicted molar refractivity (Wildman–Crippen MR) is 160 cm³/mol. The van der Waals surface area contributed by atoms with Gasteiger partial charge in [-0.05, 0) is 42.5 Å². The fraction of sp³-hybridized carbons (Fsp3) is 0.0357. The number of benzene rings is 2. The molecular formula is C28H21ClN10OS. The van der Waals surface area contributed by atoms with Crippen LogP contribution in [0.15, 0.2) is 97.3 Å². The van der Waals surface area contributed by atoms with Crippen LogP contribution >= 0.6 is 22.9 Å². The number of hydrogen-bond donors (Lipinski definition) is 2. The lowest BCUT2D eigenvalue weighted by Gasteiger charge is -2.09. The van der Waals surface area contributed by atoms with E-state index in [1.165, 1.54) is 17.7 Å². The Hall–Kier alpha value is -5.20. The number of halogens is 1. The zero-order chi connectivity index (χ0) is 28.0. The van der Waals surface area contributed by atoms with Crippen LogP contribution in [0.3, 0.4) is 0 Å². The molecule has 5 aromatic heterocycles. The normalized spacial score (nSPS) is 10.7. The first kappa shape index (κ1) is 26.0. The minimum Gasteiger partial charge on any atom is -0.438 e. The number of rotatable bonds is 6. The number of aryl methyl sites for hydroxylation is 1. The molecule has 0 spiro atoms. The second kappa shape index (κ2) is 11.9. The lowest BCUT2D eigenvalue weighted by Crippen LogP contribution is -1.97. The molecule has 5 heterocycles. The Labute approximate surface area is 242 Å². The van der Waals surface area contributed by atoms with Gasteiger partial charge in [0.15, 0.2) is 10.9 Å². The third kappa shape index (κ3) is 6.19. The Morgan fingerprint density at radius 2 is 1.59 bits per heavy atom. The summed E-state index contributed by atoms with van der Waals surface area (Å²) in [5.74, 6) is 3.16. The lowest BCUT2D eigenvalue weighted by atomic mass is 10.2. The first-order valence-electron chi connectivity index (χ1n) is 12.3. The lowest BCUT2D eigenvalue weighted by molar-refractivity contribution is 0.464. The third-order valence-corrected chi connectivity index (χ3v) is 6.68. The van der Waals surface area contributed by atoms with Gasteiger partial charge in [0.05, 0.1) is 11.0 Å². The summed E-state index contributed by atoms with van der Waals surface area (Å²) in [7, 11) is 1.88. The monoisotopic (exact) mass is 580 g/mol. The highest BCUT2D eigenvalue weighted by Gasteiger charge is 2.09. The summed E-state index contributed by atoms with van der Waals surface area (Å²) in [5.41, 5.74) is 1.71. The number of ether oxygens (including phenoxy) is 1. The van der Waals surface area contributed by atoms with Gasteiger partial charge in [0.25, 0.3) is 0 Å². The molecule has 0 radical (unpaired) electrons. The average Bonchev–Trinajstić information content (AvgIpc) is 3.67. The van der Waals surface area contributed by atoms with Crippen molar-refractivity contribution >= 4 is 67.3 Å². The molecular weight excluding hydrogens is 560 g/mol. The second-order valence-electron chi connectivity index (χ2n) is 8.49. The van der Waals surface area contributed by atoms with Crippen LogP contribution in [0.5, 0.6) is 11.6 Å². The zero-order valence-electron chi connectivity index (χ0n) is 21.5. The summed E-state index contributed by atoms with van der Waals surface area (Å²) >= 11 is 7.58. The maximum absolute atomic E-state index is 6.09. The van der Waals surface area contributed by atoms with Gasteiger partial charge in [-0.1, -0.05) is 23.7 Å². The molecule has 0 aliphatic heterocycles. The van der Waals surface area contributed by atoms with E-state index in [-0.39, 0.29) is 0 Å². The molecule has 2 N–H and O–H groups in total. The maximum Gasteiger partial charge on any atom is 0.238 e. The van der Waals surface area contributed by atoms with Crippen molar-refractivity contribution in [3.8, 4) is 11.6 Å². The molecule has 2 aromatic carbocycles. The molecule has 0 aliphatic carbocycles. The number of nitrogens with zero attached hydrogens (tertiary/aromatic N) is 8. The Morgan fingerprint density at radius 3 is 2.34 bits per heavy atom. The largest absolute Gasteiger partial charge is 0.438 e. The molecule has 7 aromatic rings. The molecule has 13 heteroatoms. The number of pyridine rings is 1. The third-order valence-electron chi connectivity index (χ3n) is 5.71. The van der Waals surface area contributed by atoms with Crippen LogP contribution in [0.25, 0.3) is 21.8 Å². The highest BCUT2D eigenvalue weighted by Crippen LogP contribution is 2.31. The minimum atomic E-state index is 0.352. The molecule has 41 heavy (non-hydrogen) atoms. The molecule has 0 unspecified atom stereocenters. The molecule has 7 rings (SSSR count). The van der Waals surface area contributed by atoms with Crippen LogP contribution in [0.2, 0.25) is 5.02 Å². The fourth-order valence-corrected chi connectivity index (χ4v) is 4.54. The summed E-state index contributed by atoms with van der Waals surface area (Å²) in [6.45, 7) is 0. The zero-order valence-corrected chi connectivity index (χ0v) is 23.1.